The molecule has 29 heavy (non-hydrogen) atoms. The predicted molar refractivity (Wildman–Crippen MR) is 112 cm³/mol. The molecule has 1 spiro atoms. The zero-order chi connectivity index (χ0) is 19.4. The Hall–Kier alpha value is -2.54. The molecular formula is C22H27N7. The molecule has 2 aliphatic carbocycles. The van der Waals surface area contributed by atoms with Crippen LogP contribution in [0.1, 0.15) is 32.1 Å². The molecule has 6 rings (SSSR count). The van der Waals surface area contributed by atoms with Gasteiger partial charge in [0.05, 0.1) is 0 Å². The van der Waals surface area contributed by atoms with Crippen LogP contribution >= 0.6 is 0 Å². The molecule has 1 aliphatic heterocycles. The molecule has 1 unspecified atom stereocenters. The highest BCUT2D eigenvalue weighted by Crippen LogP contribution is 2.60. The molecule has 7 heteroatoms. The van der Waals surface area contributed by atoms with Crippen LogP contribution in [0.3, 0.4) is 0 Å². The molecule has 3 aromatic rings. The number of hydrogen-bond donors (Lipinski definition) is 0. The number of anilines is 1. The lowest BCUT2D eigenvalue weighted by Crippen LogP contribution is -2.37. The van der Waals surface area contributed by atoms with Crippen molar-refractivity contribution in [3.8, 4) is 11.5 Å². The molecular weight excluding hydrogens is 362 g/mol. The Balaban J connectivity index is 1.17. The molecule has 0 N–H and O–H groups in total. The average Bonchev–Trinajstić information content (AvgIpc) is 3.67. The highest BCUT2D eigenvalue weighted by molar-refractivity contribution is 5.56. The third-order valence-corrected chi connectivity index (χ3v) is 7.26. The molecule has 0 aromatic carbocycles. The fourth-order valence-corrected chi connectivity index (χ4v) is 5.10. The Kier molecular flexibility index (Phi) is 3.88. The highest BCUT2D eigenvalue weighted by atomic mass is 15.4. The van der Waals surface area contributed by atoms with Crippen LogP contribution in [0, 0.1) is 11.3 Å². The summed E-state index contributed by atoms with van der Waals surface area (Å²) < 4.78 is 1.83. The topological polar surface area (TPSA) is 62.5 Å². The molecule has 0 radical (unpaired) electrons. The second-order valence-electron chi connectivity index (χ2n) is 9.12. The molecule has 4 heterocycles. The maximum Gasteiger partial charge on any atom is 0.203 e. The maximum absolute atomic E-state index is 4.87. The fourth-order valence-electron chi connectivity index (χ4n) is 5.10. The first-order chi connectivity index (χ1) is 14.2. The second kappa shape index (κ2) is 6.49. The standard InChI is InChI=1S/C22H27N7/c1-27(17-5-6-17)15-16-14-22(16)9-12-28(13-10-22)20-8-7-19-24-25-21(29(19)26-20)18-4-2-3-11-23-18/h2-4,7-8,11,16-17H,5-6,9-10,12-15H2,1H3. The minimum absolute atomic E-state index is 0.597. The third kappa shape index (κ3) is 3.08. The molecule has 150 valence electrons. The Labute approximate surface area is 170 Å². The van der Waals surface area contributed by atoms with Crippen molar-refractivity contribution < 1.29 is 0 Å². The van der Waals surface area contributed by atoms with Gasteiger partial charge in [-0.25, -0.2) is 0 Å². The summed E-state index contributed by atoms with van der Waals surface area (Å²) in [4.78, 5) is 9.44. The maximum atomic E-state index is 4.87. The van der Waals surface area contributed by atoms with Crippen molar-refractivity contribution in [2.24, 2.45) is 11.3 Å². The molecule has 1 saturated heterocycles. The number of nitrogens with zero attached hydrogens (tertiary/aromatic N) is 7. The van der Waals surface area contributed by atoms with Crippen LogP contribution in [0.2, 0.25) is 0 Å². The van der Waals surface area contributed by atoms with E-state index in [2.05, 4.69) is 38.1 Å². The van der Waals surface area contributed by atoms with Gasteiger partial charge in [-0.3, -0.25) is 4.98 Å². The van der Waals surface area contributed by atoms with Crippen LogP contribution in [0.4, 0.5) is 5.82 Å². The molecule has 3 aromatic heterocycles. The quantitative estimate of drug-likeness (QED) is 0.669. The Morgan fingerprint density at radius 3 is 2.72 bits per heavy atom. The van der Waals surface area contributed by atoms with E-state index in [0.29, 0.717) is 11.2 Å². The minimum Gasteiger partial charge on any atom is -0.355 e. The van der Waals surface area contributed by atoms with E-state index in [1.165, 1.54) is 38.6 Å². The van der Waals surface area contributed by atoms with Gasteiger partial charge in [0.2, 0.25) is 5.82 Å². The Morgan fingerprint density at radius 1 is 1.10 bits per heavy atom. The van der Waals surface area contributed by atoms with E-state index < -0.39 is 0 Å². The summed E-state index contributed by atoms with van der Waals surface area (Å²) in [6.45, 7) is 3.47. The number of piperidine rings is 1. The van der Waals surface area contributed by atoms with Gasteiger partial charge in [0.15, 0.2) is 5.65 Å². The van der Waals surface area contributed by atoms with Gasteiger partial charge in [0, 0.05) is 31.9 Å². The van der Waals surface area contributed by atoms with Gasteiger partial charge < -0.3 is 9.80 Å². The van der Waals surface area contributed by atoms with Gasteiger partial charge in [-0.15, -0.1) is 15.3 Å². The average molecular weight is 390 g/mol. The fraction of sp³-hybridized carbons (Fsp3) is 0.545. The van der Waals surface area contributed by atoms with Crippen molar-refractivity contribution in [2.75, 3.05) is 31.6 Å². The molecule has 0 bridgehead atoms. The van der Waals surface area contributed by atoms with Gasteiger partial charge in [-0.1, -0.05) is 6.07 Å². The Morgan fingerprint density at radius 2 is 1.97 bits per heavy atom. The van der Waals surface area contributed by atoms with E-state index >= 15 is 0 Å². The summed E-state index contributed by atoms with van der Waals surface area (Å²) in [5.41, 5.74) is 2.15. The number of hydrogen-bond acceptors (Lipinski definition) is 6. The number of fused-ring (bicyclic) bond motifs is 1. The van der Waals surface area contributed by atoms with Crippen LogP contribution in [0.15, 0.2) is 36.5 Å². The highest BCUT2D eigenvalue weighted by Gasteiger charge is 2.55. The van der Waals surface area contributed by atoms with Crippen LogP contribution in [0.5, 0.6) is 0 Å². The second-order valence-corrected chi connectivity index (χ2v) is 9.12. The smallest absolute Gasteiger partial charge is 0.203 e. The molecule has 3 aliphatic rings. The SMILES string of the molecule is CN(CC1CC12CCN(c1ccc3nnc(-c4ccccn4)n3n1)CC2)C1CC1. The number of pyridine rings is 1. The van der Waals surface area contributed by atoms with Gasteiger partial charge in [0.1, 0.15) is 11.5 Å². The predicted octanol–water partition coefficient (Wildman–Crippen LogP) is 2.89. The van der Waals surface area contributed by atoms with Gasteiger partial charge in [0.25, 0.3) is 0 Å². The van der Waals surface area contributed by atoms with Crippen LogP contribution in [-0.4, -0.2) is 62.4 Å². The van der Waals surface area contributed by atoms with Crippen molar-refractivity contribution in [3.63, 3.8) is 0 Å². The van der Waals surface area contributed by atoms with Crippen LogP contribution in [-0.2, 0) is 0 Å². The molecule has 3 fully saturated rings. The summed E-state index contributed by atoms with van der Waals surface area (Å²) in [6.07, 6.45) is 8.57. The van der Waals surface area contributed by atoms with Crippen LogP contribution < -0.4 is 4.90 Å². The number of aromatic nitrogens is 5. The van der Waals surface area contributed by atoms with Crippen molar-refractivity contribution in [1.29, 1.82) is 0 Å². The molecule has 7 nitrogen and oxygen atoms in total. The Bertz CT molecular complexity index is 1020. The lowest BCUT2D eigenvalue weighted by atomic mass is 9.90. The first-order valence-electron chi connectivity index (χ1n) is 10.8. The van der Waals surface area contributed by atoms with E-state index in [1.807, 2.05) is 28.8 Å². The summed E-state index contributed by atoms with van der Waals surface area (Å²) in [6, 6.07) is 10.8. The molecule has 0 amide bonds. The normalized spacial score (nSPS) is 23.2. The minimum atomic E-state index is 0.597. The van der Waals surface area contributed by atoms with Gasteiger partial charge in [-0.2, -0.15) is 4.52 Å². The lowest BCUT2D eigenvalue weighted by molar-refractivity contribution is 0.264. The van der Waals surface area contributed by atoms with Crippen molar-refractivity contribution in [2.45, 2.75) is 38.1 Å². The van der Waals surface area contributed by atoms with E-state index in [4.69, 9.17) is 5.10 Å². The summed E-state index contributed by atoms with van der Waals surface area (Å²) >= 11 is 0. The largest absolute Gasteiger partial charge is 0.355 e. The monoisotopic (exact) mass is 389 g/mol. The molecule has 2 saturated carbocycles. The van der Waals surface area contributed by atoms with Crippen LogP contribution in [0.25, 0.3) is 17.2 Å². The summed E-state index contributed by atoms with van der Waals surface area (Å²) in [7, 11) is 2.32. The van der Waals surface area contributed by atoms with E-state index in [-0.39, 0.29) is 0 Å². The lowest BCUT2D eigenvalue weighted by Gasteiger charge is -2.34. The van der Waals surface area contributed by atoms with Gasteiger partial charge >= 0.3 is 0 Å². The number of rotatable bonds is 5. The zero-order valence-corrected chi connectivity index (χ0v) is 16.9. The van der Waals surface area contributed by atoms with Crippen molar-refractivity contribution in [1.82, 2.24) is 29.7 Å². The first-order valence-corrected chi connectivity index (χ1v) is 10.8. The molecule has 1 atom stereocenters. The van der Waals surface area contributed by atoms with Crippen molar-refractivity contribution in [3.05, 3.63) is 36.5 Å². The van der Waals surface area contributed by atoms with E-state index in [1.54, 1.807) is 6.20 Å². The summed E-state index contributed by atoms with van der Waals surface area (Å²) in [5.74, 6) is 2.61. The summed E-state index contributed by atoms with van der Waals surface area (Å²) in [5, 5.41) is 13.4. The van der Waals surface area contributed by atoms with Crippen molar-refractivity contribution >= 4 is 11.5 Å². The zero-order valence-electron chi connectivity index (χ0n) is 16.9. The third-order valence-electron chi connectivity index (χ3n) is 7.26. The van der Waals surface area contributed by atoms with E-state index in [9.17, 15) is 0 Å². The first kappa shape index (κ1) is 17.3. The van der Waals surface area contributed by atoms with Gasteiger partial charge in [-0.05, 0) is 74.8 Å². The van der Waals surface area contributed by atoms with E-state index in [0.717, 1.165) is 42.2 Å².